The molecule has 31 heavy (non-hydrogen) atoms. The third-order valence-electron chi connectivity index (χ3n) is 5.04. The maximum atomic E-state index is 14.0. The van der Waals surface area contributed by atoms with Gasteiger partial charge < -0.3 is 15.5 Å². The number of hydrogen-bond acceptors (Lipinski definition) is 5. The Balaban J connectivity index is 0.00000272. The van der Waals surface area contributed by atoms with E-state index in [0.29, 0.717) is 12.4 Å². The Morgan fingerprint density at radius 3 is 2.87 bits per heavy atom. The number of aliphatic imine (C=N–C) groups is 1. The van der Waals surface area contributed by atoms with E-state index < -0.39 is 0 Å². The van der Waals surface area contributed by atoms with Gasteiger partial charge in [-0.3, -0.25) is 4.99 Å². The standard InChI is InChI=1S/C22H25FN6S.HI/c1-24-22(28-17-10-13-29(14-17)20-19(23)8-5-11-25-20)26-12-9-18-15-30-21(27-18)16-6-3-2-4-7-16;/h2-8,11,15,17H,9-10,12-14H2,1H3,(H2,24,26,28);1H. The molecular formula is C22H26FIN6S. The maximum absolute atomic E-state index is 14.0. The molecule has 2 N–H and O–H groups in total. The molecule has 1 aromatic carbocycles. The number of halogens is 2. The quantitative estimate of drug-likeness (QED) is 0.276. The Hall–Kier alpha value is -2.27. The molecule has 1 aliphatic heterocycles. The molecular weight excluding hydrogens is 526 g/mol. The van der Waals surface area contributed by atoms with E-state index in [1.54, 1.807) is 30.6 Å². The molecule has 1 atom stereocenters. The summed E-state index contributed by atoms with van der Waals surface area (Å²) in [6.45, 7) is 2.20. The van der Waals surface area contributed by atoms with Crippen molar-refractivity contribution in [1.29, 1.82) is 0 Å². The highest BCUT2D eigenvalue weighted by atomic mass is 127. The number of pyridine rings is 1. The van der Waals surface area contributed by atoms with E-state index >= 15 is 0 Å². The third kappa shape index (κ3) is 6.13. The Morgan fingerprint density at radius 2 is 2.10 bits per heavy atom. The highest BCUT2D eigenvalue weighted by Crippen LogP contribution is 2.23. The SMILES string of the molecule is CN=C(NCCc1csc(-c2ccccc2)n1)NC1CCN(c2ncccc2F)C1.I. The summed E-state index contributed by atoms with van der Waals surface area (Å²) in [4.78, 5) is 15.2. The number of nitrogens with zero attached hydrogens (tertiary/aromatic N) is 4. The fourth-order valence-electron chi connectivity index (χ4n) is 3.51. The van der Waals surface area contributed by atoms with Crippen molar-refractivity contribution < 1.29 is 4.39 Å². The van der Waals surface area contributed by atoms with Gasteiger partial charge in [0.15, 0.2) is 17.6 Å². The van der Waals surface area contributed by atoms with Crippen LogP contribution in [0.5, 0.6) is 0 Å². The predicted octanol–water partition coefficient (Wildman–Crippen LogP) is 3.95. The highest BCUT2D eigenvalue weighted by molar-refractivity contribution is 14.0. The van der Waals surface area contributed by atoms with Crippen LogP contribution in [-0.2, 0) is 6.42 Å². The largest absolute Gasteiger partial charge is 0.356 e. The first-order valence-corrected chi connectivity index (χ1v) is 10.9. The molecule has 1 aliphatic rings. The molecule has 3 aromatic rings. The van der Waals surface area contributed by atoms with Crippen molar-refractivity contribution >= 4 is 47.1 Å². The summed E-state index contributed by atoms with van der Waals surface area (Å²) in [6, 6.07) is 13.5. The van der Waals surface area contributed by atoms with Crippen LogP contribution in [0.25, 0.3) is 10.6 Å². The predicted molar refractivity (Wildman–Crippen MR) is 136 cm³/mol. The molecule has 0 saturated carbocycles. The molecule has 3 heterocycles. The Morgan fingerprint density at radius 1 is 1.26 bits per heavy atom. The summed E-state index contributed by atoms with van der Waals surface area (Å²) in [6.07, 6.45) is 3.35. The minimum atomic E-state index is -0.279. The van der Waals surface area contributed by atoms with Crippen molar-refractivity contribution in [3.8, 4) is 10.6 Å². The zero-order chi connectivity index (χ0) is 20.8. The van der Waals surface area contributed by atoms with Gasteiger partial charge in [0.05, 0.1) is 5.69 Å². The second-order valence-electron chi connectivity index (χ2n) is 7.14. The lowest BCUT2D eigenvalue weighted by Crippen LogP contribution is -2.45. The van der Waals surface area contributed by atoms with E-state index in [2.05, 4.69) is 38.1 Å². The number of benzene rings is 1. The molecule has 6 nitrogen and oxygen atoms in total. The van der Waals surface area contributed by atoms with E-state index in [-0.39, 0.29) is 35.8 Å². The van der Waals surface area contributed by atoms with Crippen LogP contribution in [0.15, 0.2) is 59.0 Å². The third-order valence-corrected chi connectivity index (χ3v) is 5.98. The lowest BCUT2D eigenvalue weighted by molar-refractivity contribution is 0.612. The van der Waals surface area contributed by atoms with E-state index in [1.807, 2.05) is 23.1 Å². The van der Waals surface area contributed by atoms with Crippen molar-refractivity contribution in [2.45, 2.75) is 18.9 Å². The van der Waals surface area contributed by atoms with Gasteiger partial charge in [0.2, 0.25) is 0 Å². The second kappa shape index (κ2) is 11.4. The van der Waals surface area contributed by atoms with Gasteiger partial charge in [-0.05, 0) is 18.6 Å². The molecule has 1 unspecified atom stereocenters. The van der Waals surface area contributed by atoms with Crippen LogP contribution < -0.4 is 15.5 Å². The molecule has 9 heteroatoms. The number of hydrogen-bond donors (Lipinski definition) is 2. The fourth-order valence-corrected chi connectivity index (χ4v) is 4.37. The molecule has 2 aromatic heterocycles. The first-order valence-electron chi connectivity index (χ1n) is 10.1. The zero-order valence-corrected chi connectivity index (χ0v) is 20.4. The summed E-state index contributed by atoms with van der Waals surface area (Å²) in [5, 5.41) is 9.94. The molecule has 0 radical (unpaired) electrons. The molecule has 0 spiro atoms. The van der Waals surface area contributed by atoms with Gasteiger partial charge in [-0.25, -0.2) is 14.4 Å². The fraction of sp³-hybridized carbons (Fsp3) is 0.318. The van der Waals surface area contributed by atoms with E-state index in [0.717, 1.165) is 48.2 Å². The van der Waals surface area contributed by atoms with Crippen molar-refractivity contribution in [3.05, 3.63) is 65.6 Å². The van der Waals surface area contributed by atoms with Crippen molar-refractivity contribution in [1.82, 2.24) is 20.6 Å². The minimum Gasteiger partial charge on any atom is -0.356 e. The summed E-state index contributed by atoms with van der Waals surface area (Å²) >= 11 is 1.67. The van der Waals surface area contributed by atoms with Crippen molar-refractivity contribution in [3.63, 3.8) is 0 Å². The molecule has 4 rings (SSSR count). The number of thiazole rings is 1. The van der Waals surface area contributed by atoms with Gasteiger partial charge in [-0.1, -0.05) is 30.3 Å². The first-order chi connectivity index (χ1) is 14.7. The number of nitrogens with one attached hydrogen (secondary N) is 2. The van der Waals surface area contributed by atoms with Crippen LogP contribution in [0.4, 0.5) is 10.2 Å². The molecule has 164 valence electrons. The maximum Gasteiger partial charge on any atom is 0.191 e. The second-order valence-corrected chi connectivity index (χ2v) is 8.00. The molecule has 0 aliphatic carbocycles. The van der Waals surface area contributed by atoms with Crippen LogP contribution >= 0.6 is 35.3 Å². The van der Waals surface area contributed by atoms with E-state index in [1.165, 1.54) is 6.07 Å². The number of guanidine groups is 1. The molecule has 0 amide bonds. The van der Waals surface area contributed by atoms with Gasteiger partial charge >= 0.3 is 0 Å². The Kier molecular flexibility index (Phi) is 8.59. The van der Waals surface area contributed by atoms with E-state index in [9.17, 15) is 4.39 Å². The van der Waals surface area contributed by atoms with E-state index in [4.69, 9.17) is 4.98 Å². The normalized spacial score (nSPS) is 16.1. The van der Waals surface area contributed by atoms with Crippen LogP contribution in [-0.4, -0.2) is 48.7 Å². The summed E-state index contributed by atoms with van der Waals surface area (Å²) < 4.78 is 14.0. The highest BCUT2D eigenvalue weighted by Gasteiger charge is 2.25. The molecule has 1 saturated heterocycles. The minimum absolute atomic E-state index is 0. The summed E-state index contributed by atoms with van der Waals surface area (Å²) in [5.41, 5.74) is 2.22. The van der Waals surface area contributed by atoms with Gasteiger partial charge in [-0.15, -0.1) is 35.3 Å². The molecule has 0 bridgehead atoms. The monoisotopic (exact) mass is 552 g/mol. The lowest BCUT2D eigenvalue weighted by Gasteiger charge is -2.19. The number of anilines is 1. The van der Waals surface area contributed by atoms with Crippen LogP contribution in [0, 0.1) is 5.82 Å². The van der Waals surface area contributed by atoms with Gasteiger partial charge in [0, 0.05) is 56.3 Å². The smallest absolute Gasteiger partial charge is 0.191 e. The first kappa shape index (κ1) is 23.4. The van der Waals surface area contributed by atoms with Crippen LogP contribution in [0.1, 0.15) is 12.1 Å². The number of aromatic nitrogens is 2. The van der Waals surface area contributed by atoms with Crippen molar-refractivity contribution in [2.24, 2.45) is 4.99 Å². The van der Waals surface area contributed by atoms with Gasteiger partial charge in [0.25, 0.3) is 0 Å². The topological polar surface area (TPSA) is 65.4 Å². The van der Waals surface area contributed by atoms with Crippen molar-refractivity contribution in [2.75, 3.05) is 31.6 Å². The van der Waals surface area contributed by atoms with Gasteiger partial charge in [0.1, 0.15) is 5.01 Å². The zero-order valence-electron chi connectivity index (χ0n) is 17.3. The Bertz CT molecular complexity index is 996. The average Bonchev–Trinajstić information content (AvgIpc) is 3.44. The Labute approximate surface area is 203 Å². The van der Waals surface area contributed by atoms with Crippen LogP contribution in [0.2, 0.25) is 0 Å². The number of rotatable bonds is 6. The average molecular weight is 552 g/mol. The van der Waals surface area contributed by atoms with Crippen LogP contribution in [0.3, 0.4) is 0 Å². The lowest BCUT2D eigenvalue weighted by atomic mass is 10.2. The molecule has 1 fully saturated rings. The summed E-state index contributed by atoms with van der Waals surface area (Å²) in [7, 11) is 1.76. The van der Waals surface area contributed by atoms with Gasteiger partial charge in [-0.2, -0.15) is 0 Å². The summed E-state index contributed by atoms with van der Waals surface area (Å²) in [5.74, 6) is 0.892.